The summed E-state index contributed by atoms with van der Waals surface area (Å²) in [5, 5.41) is 0.139. The molecule has 114 valence electrons. The molecule has 1 amide bonds. The van der Waals surface area contributed by atoms with Crippen LogP contribution >= 0.6 is 0 Å². The molecule has 0 N–H and O–H groups in total. The van der Waals surface area contributed by atoms with Crippen molar-refractivity contribution in [3.63, 3.8) is 0 Å². The van der Waals surface area contributed by atoms with E-state index in [1.807, 2.05) is 12.3 Å². The van der Waals surface area contributed by atoms with Crippen LogP contribution in [0.15, 0.2) is 24.4 Å². The van der Waals surface area contributed by atoms with Crippen molar-refractivity contribution in [2.45, 2.75) is 65.4 Å². The summed E-state index contributed by atoms with van der Waals surface area (Å²) in [6.45, 7) is 15.4. The Labute approximate surface area is 124 Å². The third-order valence-electron chi connectivity index (χ3n) is 4.03. The van der Waals surface area contributed by atoms with Gasteiger partial charge >= 0.3 is 0 Å². The first kappa shape index (κ1) is 17.2. The lowest BCUT2D eigenvalue weighted by molar-refractivity contribution is -0.126. The lowest BCUT2D eigenvalue weighted by atomic mass is 10.1. The lowest BCUT2D eigenvalue weighted by Crippen LogP contribution is -2.47. The van der Waals surface area contributed by atoms with Gasteiger partial charge in [0.05, 0.1) is 0 Å². The number of carbonyl (C=O) groups excluding carboxylic acids is 1. The first-order valence-corrected chi connectivity index (χ1v) is 10.3. The van der Waals surface area contributed by atoms with Gasteiger partial charge < -0.3 is 4.43 Å². The maximum atomic E-state index is 11.9. The summed E-state index contributed by atoms with van der Waals surface area (Å²) in [4.78, 5) is 13.6. The predicted octanol–water partition coefficient (Wildman–Crippen LogP) is 4.29. The van der Waals surface area contributed by atoms with Crippen LogP contribution in [0.5, 0.6) is 0 Å². The quantitative estimate of drug-likeness (QED) is 0.708. The smallest absolute Gasteiger partial charge is 0.252 e. The van der Waals surface area contributed by atoms with Crippen LogP contribution in [0.4, 0.5) is 0 Å². The molecule has 3 nitrogen and oxygen atoms in total. The van der Waals surface area contributed by atoms with Crippen LogP contribution in [-0.4, -0.2) is 25.4 Å². The number of hydrogen-bond donors (Lipinski definition) is 0. The van der Waals surface area contributed by atoms with Gasteiger partial charge in [0.2, 0.25) is 0 Å². The Balaban J connectivity index is 2.76. The number of rotatable bonds is 5. The van der Waals surface area contributed by atoms with Crippen LogP contribution in [-0.2, 0) is 9.22 Å². The maximum Gasteiger partial charge on any atom is 0.252 e. The summed E-state index contributed by atoms with van der Waals surface area (Å²) in [5.41, 5.74) is 0. The predicted molar refractivity (Wildman–Crippen MR) is 86.7 cm³/mol. The highest BCUT2D eigenvalue weighted by atomic mass is 28.4. The highest BCUT2D eigenvalue weighted by Crippen LogP contribution is 2.38. The second kappa shape index (κ2) is 6.27. The molecule has 0 radical (unpaired) electrons. The van der Waals surface area contributed by atoms with Gasteiger partial charge in [-0.05, 0) is 36.5 Å². The molecule has 0 spiro atoms. The van der Waals surface area contributed by atoms with E-state index in [1.54, 1.807) is 11.0 Å². The summed E-state index contributed by atoms with van der Waals surface area (Å²) in [5.74, 6) is 0.602. The van der Waals surface area contributed by atoms with Gasteiger partial charge in [0.1, 0.15) is 6.23 Å². The van der Waals surface area contributed by atoms with Gasteiger partial charge in [0.25, 0.3) is 5.91 Å². The van der Waals surface area contributed by atoms with Crippen molar-refractivity contribution < 1.29 is 9.22 Å². The molecule has 0 saturated carbocycles. The first-order valence-electron chi connectivity index (χ1n) is 7.39. The molecule has 20 heavy (non-hydrogen) atoms. The van der Waals surface area contributed by atoms with Gasteiger partial charge in [-0.15, -0.1) is 0 Å². The van der Waals surface area contributed by atoms with E-state index in [4.69, 9.17) is 4.43 Å². The Bertz CT molecular complexity index is 405. The molecular formula is C16H29NO2Si. The Morgan fingerprint density at radius 1 is 1.40 bits per heavy atom. The Hall–Kier alpha value is -0.873. The summed E-state index contributed by atoms with van der Waals surface area (Å²) in [6.07, 6.45) is 8.13. The molecule has 1 unspecified atom stereocenters. The average molecular weight is 295 g/mol. The van der Waals surface area contributed by atoms with Gasteiger partial charge in [-0.1, -0.05) is 40.7 Å². The molecule has 1 aliphatic heterocycles. The molecule has 1 atom stereocenters. The zero-order valence-electron chi connectivity index (χ0n) is 13.9. The number of carbonyl (C=O) groups is 1. The Morgan fingerprint density at radius 3 is 2.50 bits per heavy atom. The zero-order valence-corrected chi connectivity index (χ0v) is 14.9. The van der Waals surface area contributed by atoms with Crippen molar-refractivity contribution >= 4 is 14.2 Å². The minimum absolute atomic E-state index is 0.00807. The Kier molecular flexibility index (Phi) is 5.38. The second-order valence-corrected chi connectivity index (χ2v) is 12.1. The molecule has 0 fully saturated rings. The molecule has 0 saturated heterocycles. The van der Waals surface area contributed by atoms with E-state index in [0.29, 0.717) is 5.92 Å². The normalized spacial score (nSPS) is 20.7. The van der Waals surface area contributed by atoms with Crippen molar-refractivity contribution in [2.24, 2.45) is 5.92 Å². The average Bonchev–Trinajstić information content (AvgIpc) is 2.58. The van der Waals surface area contributed by atoms with Crippen molar-refractivity contribution in [3.8, 4) is 0 Å². The van der Waals surface area contributed by atoms with E-state index in [1.165, 1.54) is 0 Å². The van der Waals surface area contributed by atoms with Gasteiger partial charge in [0, 0.05) is 12.3 Å². The van der Waals surface area contributed by atoms with Crippen LogP contribution in [0.2, 0.25) is 18.1 Å². The Morgan fingerprint density at radius 2 is 2.00 bits per heavy atom. The maximum absolute atomic E-state index is 11.9. The fraction of sp³-hybridized carbons (Fsp3) is 0.688. The molecule has 0 aliphatic carbocycles. The fourth-order valence-corrected chi connectivity index (χ4v) is 2.80. The SMILES string of the molecule is CC(C)C/C=C/N1C(=O)C=CC1O[Si](C)(C)C(C)(C)C. The molecule has 0 aromatic rings. The van der Waals surface area contributed by atoms with Crippen molar-refractivity contribution in [1.29, 1.82) is 0 Å². The van der Waals surface area contributed by atoms with E-state index in [0.717, 1.165) is 6.42 Å². The van der Waals surface area contributed by atoms with Crippen molar-refractivity contribution in [1.82, 2.24) is 4.90 Å². The standard InChI is InChI=1S/C16H29NO2Si/c1-13(2)9-8-12-17-14(18)10-11-15(17)19-20(6,7)16(3,4)5/h8,10-13,15H,9H2,1-7H3/b12-8+. The van der Waals surface area contributed by atoms with E-state index >= 15 is 0 Å². The highest BCUT2D eigenvalue weighted by molar-refractivity contribution is 6.74. The lowest BCUT2D eigenvalue weighted by Gasteiger charge is -2.39. The first-order chi connectivity index (χ1) is 9.04. The van der Waals surface area contributed by atoms with E-state index < -0.39 is 8.32 Å². The van der Waals surface area contributed by atoms with E-state index in [-0.39, 0.29) is 17.2 Å². The summed E-state index contributed by atoms with van der Waals surface area (Å²) in [7, 11) is -1.88. The van der Waals surface area contributed by atoms with Gasteiger partial charge in [-0.3, -0.25) is 9.69 Å². The third-order valence-corrected chi connectivity index (χ3v) is 8.47. The molecule has 4 heteroatoms. The van der Waals surface area contributed by atoms with Crippen LogP contribution in [0.1, 0.15) is 41.0 Å². The fourth-order valence-electron chi connectivity index (χ4n) is 1.65. The van der Waals surface area contributed by atoms with Crippen LogP contribution in [0.25, 0.3) is 0 Å². The van der Waals surface area contributed by atoms with Crippen LogP contribution in [0, 0.1) is 5.92 Å². The van der Waals surface area contributed by atoms with Crippen LogP contribution in [0.3, 0.4) is 0 Å². The summed E-state index contributed by atoms with van der Waals surface area (Å²) >= 11 is 0. The topological polar surface area (TPSA) is 29.5 Å². The number of amides is 1. The van der Waals surface area contributed by atoms with Gasteiger partial charge in [0.15, 0.2) is 8.32 Å². The number of hydrogen-bond acceptors (Lipinski definition) is 2. The summed E-state index contributed by atoms with van der Waals surface area (Å²) in [6, 6.07) is 0. The minimum atomic E-state index is -1.88. The van der Waals surface area contributed by atoms with Crippen LogP contribution < -0.4 is 0 Å². The number of allylic oxidation sites excluding steroid dienone is 1. The third kappa shape index (κ3) is 4.32. The second-order valence-electron chi connectivity index (χ2n) is 7.39. The molecule has 1 aliphatic rings. The van der Waals surface area contributed by atoms with E-state index in [9.17, 15) is 4.79 Å². The molecule has 0 aromatic heterocycles. The zero-order chi connectivity index (χ0) is 15.6. The molecule has 0 aromatic carbocycles. The molecule has 1 heterocycles. The number of nitrogens with zero attached hydrogens (tertiary/aromatic N) is 1. The molecule has 1 rings (SSSR count). The molecule has 0 bridgehead atoms. The summed E-state index contributed by atoms with van der Waals surface area (Å²) < 4.78 is 6.31. The molecular weight excluding hydrogens is 266 g/mol. The van der Waals surface area contributed by atoms with Gasteiger partial charge in [-0.2, -0.15) is 0 Å². The van der Waals surface area contributed by atoms with Gasteiger partial charge in [-0.25, -0.2) is 0 Å². The minimum Gasteiger partial charge on any atom is -0.394 e. The monoisotopic (exact) mass is 295 g/mol. The van der Waals surface area contributed by atoms with Crippen molar-refractivity contribution in [3.05, 3.63) is 24.4 Å². The largest absolute Gasteiger partial charge is 0.394 e. The van der Waals surface area contributed by atoms with E-state index in [2.05, 4.69) is 53.8 Å². The van der Waals surface area contributed by atoms with Crippen molar-refractivity contribution in [2.75, 3.05) is 0 Å². The highest BCUT2D eigenvalue weighted by Gasteiger charge is 2.41.